The molecule has 1 aromatic heterocycles. The molecule has 0 saturated heterocycles. The van der Waals surface area contributed by atoms with Crippen LogP contribution in [0.25, 0.3) is 0 Å². The van der Waals surface area contributed by atoms with Crippen molar-refractivity contribution in [1.82, 2.24) is 15.1 Å². The largest absolute Gasteiger partial charge is 0.317 e. The van der Waals surface area contributed by atoms with E-state index >= 15 is 0 Å². The average Bonchev–Trinajstić information content (AvgIpc) is 2.76. The number of hydrogen-bond acceptors (Lipinski definition) is 2. The summed E-state index contributed by atoms with van der Waals surface area (Å²) in [7, 11) is 2.10. The van der Waals surface area contributed by atoms with Crippen LogP contribution >= 0.6 is 11.6 Å². The lowest BCUT2D eigenvalue weighted by atomic mass is 9.74. The van der Waals surface area contributed by atoms with Gasteiger partial charge < -0.3 is 5.32 Å². The topological polar surface area (TPSA) is 29.9 Å². The van der Waals surface area contributed by atoms with Gasteiger partial charge >= 0.3 is 0 Å². The molecule has 1 aliphatic carbocycles. The molecule has 2 rings (SSSR count). The molecule has 4 heteroatoms. The Bertz CT molecular complexity index is 455. The Hall–Kier alpha value is -0.540. The normalized spacial score (nSPS) is 26.2. The van der Waals surface area contributed by atoms with Gasteiger partial charge in [-0.2, -0.15) is 5.10 Å². The van der Waals surface area contributed by atoms with Gasteiger partial charge in [0.25, 0.3) is 0 Å². The molecule has 0 spiro atoms. The Morgan fingerprint density at radius 2 is 2.10 bits per heavy atom. The predicted molar refractivity (Wildman–Crippen MR) is 89.9 cm³/mol. The zero-order chi connectivity index (χ0) is 15.4. The van der Waals surface area contributed by atoms with E-state index in [0.717, 1.165) is 29.6 Å². The minimum atomic E-state index is 0.620. The number of nitrogens with zero attached hydrogens (tertiary/aromatic N) is 2. The smallest absolute Gasteiger partial charge is 0.0847 e. The van der Waals surface area contributed by atoms with Crippen molar-refractivity contribution in [2.45, 2.75) is 71.9 Å². The highest BCUT2D eigenvalue weighted by atomic mass is 35.5. The first kappa shape index (κ1) is 16.8. The molecular weight excluding hydrogens is 282 g/mol. The number of aromatic nitrogens is 2. The summed E-state index contributed by atoms with van der Waals surface area (Å²) >= 11 is 6.50. The summed E-state index contributed by atoms with van der Waals surface area (Å²) in [6.45, 7) is 7.35. The Balaban J connectivity index is 2.14. The zero-order valence-corrected chi connectivity index (χ0v) is 14.7. The van der Waals surface area contributed by atoms with Crippen LogP contribution in [0.15, 0.2) is 0 Å². The van der Waals surface area contributed by atoms with E-state index in [1.807, 2.05) is 6.92 Å². The van der Waals surface area contributed by atoms with E-state index in [1.165, 1.54) is 37.8 Å². The van der Waals surface area contributed by atoms with Crippen LogP contribution in [0.3, 0.4) is 0 Å². The van der Waals surface area contributed by atoms with Gasteiger partial charge in [-0.25, -0.2) is 0 Å². The van der Waals surface area contributed by atoms with E-state index < -0.39 is 0 Å². The molecule has 1 heterocycles. The quantitative estimate of drug-likeness (QED) is 0.853. The highest BCUT2D eigenvalue weighted by Gasteiger charge is 2.30. The molecule has 21 heavy (non-hydrogen) atoms. The van der Waals surface area contributed by atoms with E-state index in [1.54, 1.807) is 0 Å². The van der Waals surface area contributed by atoms with E-state index in [2.05, 4.69) is 36.0 Å². The summed E-state index contributed by atoms with van der Waals surface area (Å²) in [6.07, 6.45) is 7.71. The third-order valence-electron chi connectivity index (χ3n) is 5.07. The molecule has 3 atom stereocenters. The number of nitrogens with one attached hydrogen (secondary N) is 1. The molecular formula is C17H30ClN3. The minimum Gasteiger partial charge on any atom is -0.317 e. The summed E-state index contributed by atoms with van der Waals surface area (Å²) in [6, 6.07) is 0.620. The third-order valence-corrected chi connectivity index (χ3v) is 5.56. The first-order valence-corrected chi connectivity index (χ1v) is 8.87. The van der Waals surface area contributed by atoms with Crippen LogP contribution in [-0.2, 0) is 13.0 Å². The molecule has 0 amide bonds. The maximum Gasteiger partial charge on any atom is 0.0847 e. The molecule has 1 aromatic rings. The summed E-state index contributed by atoms with van der Waals surface area (Å²) in [5.41, 5.74) is 2.20. The molecule has 0 aliphatic heterocycles. The molecule has 0 aromatic carbocycles. The lowest BCUT2D eigenvalue weighted by Crippen LogP contribution is -2.40. The lowest BCUT2D eigenvalue weighted by molar-refractivity contribution is 0.198. The Labute approximate surface area is 134 Å². The monoisotopic (exact) mass is 311 g/mol. The fourth-order valence-electron chi connectivity index (χ4n) is 3.95. The second-order valence-corrected chi connectivity index (χ2v) is 6.87. The van der Waals surface area contributed by atoms with Gasteiger partial charge in [0, 0.05) is 12.6 Å². The fraction of sp³-hybridized carbons (Fsp3) is 0.824. The van der Waals surface area contributed by atoms with Crippen molar-refractivity contribution in [2.24, 2.45) is 11.8 Å². The van der Waals surface area contributed by atoms with Crippen LogP contribution in [-0.4, -0.2) is 22.9 Å². The van der Waals surface area contributed by atoms with Gasteiger partial charge in [-0.15, -0.1) is 0 Å². The fourth-order valence-corrected chi connectivity index (χ4v) is 4.16. The number of aryl methyl sites for hydroxylation is 2. The van der Waals surface area contributed by atoms with Crippen molar-refractivity contribution in [3.05, 3.63) is 16.4 Å². The lowest BCUT2D eigenvalue weighted by Gasteiger charge is -2.36. The van der Waals surface area contributed by atoms with Crippen LogP contribution in [0.1, 0.15) is 57.3 Å². The second kappa shape index (κ2) is 7.64. The SMILES string of the molecule is CCCC1CCC(NC)C(Cc2c(Cl)c(C)nn2CC)C1. The molecule has 1 N–H and O–H groups in total. The maximum absolute atomic E-state index is 6.50. The first-order valence-electron chi connectivity index (χ1n) is 8.49. The molecule has 1 aliphatic rings. The van der Waals surface area contributed by atoms with Gasteiger partial charge in [-0.05, 0) is 58.4 Å². The van der Waals surface area contributed by atoms with E-state index in [9.17, 15) is 0 Å². The summed E-state index contributed by atoms with van der Waals surface area (Å²) in [4.78, 5) is 0. The maximum atomic E-state index is 6.50. The molecule has 3 unspecified atom stereocenters. The van der Waals surface area contributed by atoms with Crippen LogP contribution in [0.2, 0.25) is 5.02 Å². The van der Waals surface area contributed by atoms with Gasteiger partial charge in [0.15, 0.2) is 0 Å². The van der Waals surface area contributed by atoms with E-state index in [-0.39, 0.29) is 0 Å². The Morgan fingerprint density at radius 1 is 1.33 bits per heavy atom. The molecule has 120 valence electrons. The van der Waals surface area contributed by atoms with E-state index in [4.69, 9.17) is 11.6 Å². The first-order chi connectivity index (χ1) is 10.1. The van der Waals surface area contributed by atoms with Gasteiger partial charge in [0.2, 0.25) is 0 Å². The highest BCUT2D eigenvalue weighted by Crippen LogP contribution is 2.35. The van der Waals surface area contributed by atoms with Crippen molar-refractivity contribution >= 4 is 11.6 Å². The van der Waals surface area contributed by atoms with Gasteiger partial charge in [0.05, 0.1) is 16.4 Å². The molecule has 1 saturated carbocycles. The van der Waals surface area contributed by atoms with Gasteiger partial charge in [-0.1, -0.05) is 31.4 Å². The number of rotatable bonds is 6. The zero-order valence-electron chi connectivity index (χ0n) is 14.0. The van der Waals surface area contributed by atoms with Crippen molar-refractivity contribution in [1.29, 1.82) is 0 Å². The second-order valence-electron chi connectivity index (χ2n) is 6.49. The summed E-state index contributed by atoms with van der Waals surface area (Å²) < 4.78 is 2.09. The van der Waals surface area contributed by atoms with Crippen molar-refractivity contribution in [2.75, 3.05) is 7.05 Å². The Morgan fingerprint density at radius 3 is 2.71 bits per heavy atom. The molecule has 0 radical (unpaired) electrons. The third kappa shape index (κ3) is 3.81. The summed E-state index contributed by atoms with van der Waals surface area (Å²) in [5, 5.41) is 8.97. The molecule has 0 bridgehead atoms. The highest BCUT2D eigenvalue weighted by molar-refractivity contribution is 6.31. The minimum absolute atomic E-state index is 0.620. The molecule has 3 nitrogen and oxygen atoms in total. The number of hydrogen-bond donors (Lipinski definition) is 1. The van der Waals surface area contributed by atoms with Crippen LogP contribution in [0.4, 0.5) is 0 Å². The molecule has 1 fully saturated rings. The standard InChI is InChI=1S/C17H30ClN3/c1-5-7-13-8-9-15(19-4)14(10-13)11-16-17(18)12(3)20-21(16)6-2/h13-15,19H,5-11H2,1-4H3. The Kier molecular flexibility index (Phi) is 6.12. The average molecular weight is 312 g/mol. The van der Waals surface area contributed by atoms with Crippen molar-refractivity contribution in [3.63, 3.8) is 0 Å². The number of halogens is 1. The van der Waals surface area contributed by atoms with Crippen LogP contribution in [0.5, 0.6) is 0 Å². The van der Waals surface area contributed by atoms with Crippen molar-refractivity contribution in [3.8, 4) is 0 Å². The predicted octanol–water partition coefficient (Wildman–Crippen LogP) is 4.21. The van der Waals surface area contributed by atoms with Crippen molar-refractivity contribution < 1.29 is 0 Å². The van der Waals surface area contributed by atoms with Crippen LogP contribution < -0.4 is 5.32 Å². The summed E-state index contributed by atoms with van der Waals surface area (Å²) in [5.74, 6) is 1.57. The van der Waals surface area contributed by atoms with Gasteiger partial charge in [0.1, 0.15) is 0 Å². The van der Waals surface area contributed by atoms with Crippen LogP contribution in [0, 0.1) is 18.8 Å². The van der Waals surface area contributed by atoms with Gasteiger partial charge in [-0.3, -0.25) is 4.68 Å². The van der Waals surface area contributed by atoms with E-state index in [0.29, 0.717) is 12.0 Å².